The number of cyclic esters (lactones) is 1. The maximum Gasteiger partial charge on any atom is 0.337 e. The average Bonchev–Trinajstić information content (AvgIpc) is 3.59. The maximum atomic E-state index is 13.3. The number of aryl methyl sites for hydroxylation is 1. The molecule has 2 fully saturated rings. The van der Waals surface area contributed by atoms with Crippen LogP contribution in [0.5, 0.6) is 5.75 Å². The van der Waals surface area contributed by atoms with E-state index >= 15 is 0 Å². The van der Waals surface area contributed by atoms with Gasteiger partial charge in [-0.3, -0.25) is 4.79 Å². The van der Waals surface area contributed by atoms with Gasteiger partial charge in [-0.05, 0) is 67.9 Å². The molecule has 2 unspecified atom stereocenters. The monoisotopic (exact) mass is 407 g/mol. The van der Waals surface area contributed by atoms with Crippen molar-refractivity contribution < 1.29 is 19.4 Å². The van der Waals surface area contributed by atoms with Crippen molar-refractivity contribution in [3.63, 3.8) is 0 Å². The average molecular weight is 408 g/mol. The number of hydrogen-bond donors (Lipinski definition) is 1. The fourth-order valence-electron chi connectivity index (χ4n) is 4.58. The summed E-state index contributed by atoms with van der Waals surface area (Å²) in [5, 5.41) is 9.49. The van der Waals surface area contributed by atoms with E-state index in [9.17, 15) is 14.7 Å². The number of rotatable bonds is 8. The van der Waals surface area contributed by atoms with E-state index in [1.54, 1.807) is 12.1 Å². The predicted octanol–water partition coefficient (Wildman–Crippen LogP) is 4.27. The predicted molar refractivity (Wildman–Crippen MR) is 115 cm³/mol. The van der Waals surface area contributed by atoms with E-state index in [0.29, 0.717) is 19.4 Å². The third-order valence-electron chi connectivity index (χ3n) is 6.26. The number of ketones is 1. The van der Waals surface area contributed by atoms with Gasteiger partial charge in [0, 0.05) is 18.7 Å². The van der Waals surface area contributed by atoms with Gasteiger partial charge < -0.3 is 14.7 Å². The van der Waals surface area contributed by atoms with Crippen LogP contribution in [0.4, 0.5) is 5.69 Å². The Morgan fingerprint density at radius 2 is 1.77 bits per heavy atom. The fraction of sp³-hybridized carbons (Fsp3) is 0.440. The summed E-state index contributed by atoms with van der Waals surface area (Å²) in [5.41, 5.74) is 1.24. The molecule has 158 valence electrons. The SMILES string of the molecule is CCCN(c1ccccc1)C1C(=O)CC(CCc2ccc(O)cc2)(C2CC2)OC1=O. The molecule has 1 heterocycles. The molecule has 1 aliphatic carbocycles. The quantitative estimate of drug-likeness (QED) is 0.523. The van der Waals surface area contributed by atoms with Gasteiger partial charge in [-0.25, -0.2) is 4.79 Å². The number of aromatic hydroxyl groups is 1. The lowest BCUT2D eigenvalue weighted by molar-refractivity contribution is -0.176. The third kappa shape index (κ3) is 4.20. The highest BCUT2D eigenvalue weighted by atomic mass is 16.6. The number of benzene rings is 2. The standard InChI is InChI=1S/C25H29NO4/c1-2-16-26(20-6-4-3-5-7-20)23-22(28)17-25(19-10-11-19,30-24(23)29)15-14-18-8-12-21(27)13-9-18/h3-9,12-13,19,23,27H,2,10-11,14-17H2,1H3. The normalized spacial score (nSPS) is 23.8. The summed E-state index contributed by atoms with van der Waals surface area (Å²) in [6.07, 6.45) is 4.45. The molecule has 5 heteroatoms. The summed E-state index contributed by atoms with van der Waals surface area (Å²) < 4.78 is 6.12. The van der Waals surface area contributed by atoms with E-state index in [1.807, 2.05) is 54.3 Å². The van der Waals surface area contributed by atoms with Crippen molar-refractivity contribution in [3.8, 4) is 5.75 Å². The highest BCUT2D eigenvalue weighted by Gasteiger charge is 2.55. The Kier molecular flexibility index (Phi) is 5.80. The van der Waals surface area contributed by atoms with Crippen LogP contribution in [-0.4, -0.2) is 35.0 Å². The Bertz CT molecular complexity index is 871. The van der Waals surface area contributed by atoms with E-state index in [2.05, 4.69) is 0 Å². The summed E-state index contributed by atoms with van der Waals surface area (Å²) in [7, 11) is 0. The molecule has 4 rings (SSSR count). The van der Waals surface area contributed by atoms with Crippen molar-refractivity contribution in [1.29, 1.82) is 0 Å². The maximum absolute atomic E-state index is 13.3. The first-order valence-corrected chi connectivity index (χ1v) is 10.9. The molecule has 2 aromatic carbocycles. The van der Waals surface area contributed by atoms with Gasteiger partial charge >= 0.3 is 5.97 Å². The molecule has 5 nitrogen and oxygen atoms in total. The first kappa shape index (κ1) is 20.5. The molecule has 0 bridgehead atoms. The lowest BCUT2D eigenvalue weighted by Gasteiger charge is -2.42. The number of Topliss-reactive ketones (excluding diaryl/α,β-unsaturated/α-hetero) is 1. The van der Waals surface area contributed by atoms with E-state index < -0.39 is 17.6 Å². The Labute approximate surface area is 177 Å². The number of carbonyl (C=O) groups is 2. The molecule has 2 atom stereocenters. The van der Waals surface area contributed by atoms with Crippen LogP contribution in [0.2, 0.25) is 0 Å². The molecule has 0 aromatic heterocycles. The highest BCUT2D eigenvalue weighted by Crippen LogP contribution is 2.49. The van der Waals surface area contributed by atoms with Gasteiger partial charge in [0.25, 0.3) is 0 Å². The van der Waals surface area contributed by atoms with Gasteiger partial charge in [0.05, 0.1) is 0 Å². The Morgan fingerprint density at radius 1 is 1.07 bits per heavy atom. The van der Waals surface area contributed by atoms with Gasteiger partial charge in [0.1, 0.15) is 11.4 Å². The highest BCUT2D eigenvalue weighted by molar-refractivity contribution is 6.08. The van der Waals surface area contributed by atoms with Gasteiger partial charge in [-0.1, -0.05) is 37.3 Å². The first-order chi connectivity index (χ1) is 14.5. The molecule has 0 radical (unpaired) electrons. The number of esters is 1. The number of phenolic OH excluding ortho intramolecular Hbond substituents is 1. The van der Waals surface area contributed by atoms with Gasteiger partial charge in [-0.15, -0.1) is 0 Å². The smallest absolute Gasteiger partial charge is 0.337 e. The van der Waals surface area contributed by atoms with E-state index in [0.717, 1.165) is 30.5 Å². The van der Waals surface area contributed by atoms with Gasteiger partial charge in [-0.2, -0.15) is 0 Å². The zero-order valence-electron chi connectivity index (χ0n) is 17.4. The lowest BCUT2D eigenvalue weighted by atomic mass is 9.81. The van der Waals surface area contributed by atoms with Crippen molar-refractivity contribution in [2.75, 3.05) is 11.4 Å². The zero-order valence-corrected chi connectivity index (χ0v) is 17.4. The van der Waals surface area contributed by atoms with Crippen molar-refractivity contribution in [2.45, 2.75) is 57.1 Å². The number of phenols is 1. The minimum atomic E-state index is -0.868. The molecule has 30 heavy (non-hydrogen) atoms. The Hall–Kier alpha value is -2.82. The van der Waals surface area contributed by atoms with Crippen LogP contribution in [0, 0.1) is 5.92 Å². The molecular formula is C25H29NO4. The first-order valence-electron chi connectivity index (χ1n) is 10.9. The van der Waals surface area contributed by atoms with Crippen molar-refractivity contribution in [2.24, 2.45) is 5.92 Å². The number of anilines is 1. The van der Waals surface area contributed by atoms with Crippen LogP contribution in [0.1, 0.15) is 44.6 Å². The minimum absolute atomic E-state index is 0.0406. The Morgan fingerprint density at radius 3 is 2.37 bits per heavy atom. The molecule has 0 spiro atoms. The number of carbonyl (C=O) groups excluding carboxylic acids is 2. The van der Waals surface area contributed by atoms with Gasteiger partial charge in [0.15, 0.2) is 11.8 Å². The van der Waals surface area contributed by atoms with Crippen molar-refractivity contribution in [3.05, 3.63) is 60.2 Å². The summed E-state index contributed by atoms with van der Waals surface area (Å²) in [4.78, 5) is 28.4. The van der Waals surface area contributed by atoms with Crippen LogP contribution >= 0.6 is 0 Å². The van der Waals surface area contributed by atoms with Crippen molar-refractivity contribution in [1.82, 2.24) is 0 Å². The van der Waals surface area contributed by atoms with E-state index in [4.69, 9.17) is 4.74 Å². The number of para-hydroxylation sites is 1. The second kappa shape index (κ2) is 8.50. The largest absolute Gasteiger partial charge is 0.508 e. The summed E-state index contributed by atoms with van der Waals surface area (Å²) in [6, 6.07) is 15.8. The molecule has 1 N–H and O–H groups in total. The van der Waals surface area contributed by atoms with Crippen LogP contribution in [0.3, 0.4) is 0 Å². The fourth-order valence-corrected chi connectivity index (χ4v) is 4.58. The molecule has 1 saturated carbocycles. The molecule has 2 aromatic rings. The summed E-state index contributed by atoms with van der Waals surface area (Å²) in [6.45, 7) is 2.67. The second-order valence-corrected chi connectivity index (χ2v) is 8.50. The van der Waals surface area contributed by atoms with E-state index in [1.165, 1.54) is 0 Å². The molecule has 1 saturated heterocycles. The van der Waals surface area contributed by atoms with Gasteiger partial charge in [0.2, 0.25) is 0 Å². The van der Waals surface area contributed by atoms with Crippen LogP contribution in [0.15, 0.2) is 54.6 Å². The van der Waals surface area contributed by atoms with E-state index in [-0.39, 0.29) is 23.9 Å². The number of ether oxygens (including phenoxy) is 1. The van der Waals surface area contributed by atoms with Crippen LogP contribution < -0.4 is 4.90 Å². The topological polar surface area (TPSA) is 66.8 Å². The molecule has 1 aliphatic heterocycles. The zero-order chi connectivity index (χ0) is 21.1. The summed E-state index contributed by atoms with van der Waals surface area (Å²) in [5.74, 6) is 0.0387. The van der Waals surface area contributed by atoms with Crippen LogP contribution in [0.25, 0.3) is 0 Å². The Balaban J connectivity index is 1.54. The number of hydrogen-bond acceptors (Lipinski definition) is 5. The molecular weight excluding hydrogens is 378 g/mol. The lowest BCUT2D eigenvalue weighted by Crippen LogP contribution is -2.58. The third-order valence-corrected chi connectivity index (χ3v) is 6.26. The second-order valence-electron chi connectivity index (χ2n) is 8.50. The molecule has 0 amide bonds. The summed E-state index contributed by atoms with van der Waals surface area (Å²) >= 11 is 0. The molecule has 2 aliphatic rings. The van der Waals surface area contributed by atoms with Crippen molar-refractivity contribution >= 4 is 17.4 Å². The minimum Gasteiger partial charge on any atom is -0.508 e. The van der Waals surface area contributed by atoms with Crippen LogP contribution in [-0.2, 0) is 20.7 Å². The number of nitrogens with zero attached hydrogens (tertiary/aromatic N) is 1.